The van der Waals surface area contributed by atoms with Gasteiger partial charge in [-0.15, -0.1) is 0 Å². The standard InChI is InChI=1S/C22H31N5O4/c1-11(28)25-17(12-4-5-12)21(31)27-10-15-16(22(15,2)3)18(27)20(30)26-14(9-23)8-13-6-7-24-19(13)29/h12-18H,4-8,10H2,1-3H3,(H,24,29)(H,25,28)(H,26,30)/t13-,14-,15-,16-,17-,18-/m0/s1. The van der Waals surface area contributed by atoms with Gasteiger partial charge in [0.2, 0.25) is 23.6 Å². The molecule has 0 unspecified atom stereocenters. The third kappa shape index (κ3) is 4.00. The van der Waals surface area contributed by atoms with Gasteiger partial charge in [0.1, 0.15) is 18.1 Å². The Hall–Kier alpha value is -2.63. The Labute approximate surface area is 182 Å². The number of rotatable bonds is 7. The van der Waals surface area contributed by atoms with Crippen molar-refractivity contribution in [2.24, 2.45) is 29.1 Å². The van der Waals surface area contributed by atoms with Crippen molar-refractivity contribution in [1.82, 2.24) is 20.9 Å². The zero-order chi connectivity index (χ0) is 22.5. The van der Waals surface area contributed by atoms with Crippen molar-refractivity contribution in [3.63, 3.8) is 0 Å². The Morgan fingerprint density at radius 2 is 1.97 bits per heavy atom. The summed E-state index contributed by atoms with van der Waals surface area (Å²) < 4.78 is 0. The highest BCUT2D eigenvalue weighted by Gasteiger charge is 2.69. The van der Waals surface area contributed by atoms with Gasteiger partial charge in [0.05, 0.1) is 6.07 Å². The number of hydrogen-bond donors (Lipinski definition) is 3. The van der Waals surface area contributed by atoms with Gasteiger partial charge in [-0.3, -0.25) is 19.2 Å². The molecule has 31 heavy (non-hydrogen) atoms. The van der Waals surface area contributed by atoms with E-state index < -0.39 is 18.1 Å². The normalized spacial score (nSPS) is 32.3. The molecule has 2 saturated heterocycles. The number of amides is 4. The third-order valence-corrected chi connectivity index (χ3v) is 7.63. The van der Waals surface area contributed by atoms with Gasteiger partial charge in [0.25, 0.3) is 0 Å². The summed E-state index contributed by atoms with van der Waals surface area (Å²) in [5, 5.41) is 17.9. The molecule has 2 aliphatic carbocycles. The number of carbonyl (C=O) groups excluding carboxylic acids is 4. The molecule has 4 fully saturated rings. The second-order valence-corrected chi connectivity index (χ2v) is 10.1. The topological polar surface area (TPSA) is 131 Å². The number of piperidine rings is 1. The number of carbonyl (C=O) groups is 4. The van der Waals surface area contributed by atoms with Gasteiger partial charge in [-0.25, -0.2) is 0 Å². The predicted octanol–water partition coefficient (Wildman–Crippen LogP) is -0.0813. The number of hydrogen-bond acceptors (Lipinski definition) is 5. The van der Waals surface area contributed by atoms with E-state index in [4.69, 9.17) is 0 Å². The molecule has 4 amide bonds. The molecule has 3 N–H and O–H groups in total. The number of nitriles is 1. The van der Waals surface area contributed by atoms with Crippen LogP contribution in [-0.2, 0) is 19.2 Å². The summed E-state index contributed by atoms with van der Waals surface area (Å²) in [6, 6.07) is 0.0665. The number of likely N-dealkylation sites (tertiary alicyclic amines) is 1. The lowest BCUT2D eigenvalue weighted by atomic mass is 9.97. The number of nitrogens with zero attached hydrogens (tertiary/aromatic N) is 2. The van der Waals surface area contributed by atoms with E-state index in [-0.39, 0.29) is 59.1 Å². The van der Waals surface area contributed by atoms with Gasteiger partial charge in [-0.05, 0) is 48.9 Å². The highest BCUT2D eigenvalue weighted by atomic mass is 16.2. The molecule has 4 aliphatic rings. The van der Waals surface area contributed by atoms with Crippen molar-refractivity contribution >= 4 is 23.6 Å². The second kappa shape index (κ2) is 7.81. The molecule has 6 atom stereocenters. The summed E-state index contributed by atoms with van der Waals surface area (Å²) >= 11 is 0. The zero-order valence-electron chi connectivity index (χ0n) is 18.3. The minimum absolute atomic E-state index is 0.0303. The maximum absolute atomic E-state index is 13.3. The lowest BCUT2D eigenvalue weighted by Gasteiger charge is -2.33. The second-order valence-electron chi connectivity index (χ2n) is 10.1. The van der Waals surface area contributed by atoms with Crippen molar-refractivity contribution in [3.05, 3.63) is 0 Å². The Bertz CT molecular complexity index is 845. The molecule has 9 nitrogen and oxygen atoms in total. The van der Waals surface area contributed by atoms with Gasteiger partial charge in [-0.2, -0.15) is 5.26 Å². The van der Waals surface area contributed by atoms with E-state index >= 15 is 0 Å². The lowest BCUT2D eigenvalue weighted by molar-refractivity contribution is -0.143. The Morgan fingerprint density at radius 1 is 1.26 bits per heavy atom. The summed E-state index contributed by atoms with van der Waals surface area (Å²) in [6.07, 6.45) is 2.70. The summed E-state index contributed by atoms with van der Waals surface area (Å²) in [4.78, 5) is 51.8. The molecule has 0 radical (unpaired) electrons. The summed E-state index contributed by atoms with van der Waals surface area (Å²) in [5.74, 6) is -0.784. The van der Waals surface area contributed by atoms with Crippen LogP contribution in [0.2, 0.25) is 0 Å². The predicted molar refractivity (Wildman–Crippen MR) is 110 cm³/mol. The van der Waals surface area contributed by atoms with E-state index in [0.29, 0.717) is 19.5 Å². The fourth-order valence-electron chi connectivity index (χ4n) is 5.58. The first kappa shape index (κ1) is 21.6. The minimum atomic E-state index is -0.784. The Kier molecular flexibility index (Phi) is 5.44. The van der Waals surface area contributed by atoms with E-state index in [1.165, 1.54) is 6.92 Å². The lowest BCUT2D eigenvalue weighted by Crippen LogP contribution is -2.57. The molecule has 0 bridgehead atoms. The van der Waals surface area contributed by atoms with E-state index in [2.05, 4.69) is 35.9 Å². The molecule has 0 aromatic heterocycles. The van der Waals surface area contributed by atoms with E-state index in [9.17, 15) is 24.4 Å². The molecule has 0 spiro atoms. The van der Waals surface area contributed by atoms with Gasteiger partial charge in [0, 0.05) is 25.9 Å². The average Bonchev–Trinajstić information content (AvgIpc) is 3.51. The largest absolute Gasteiger partial charge is 0.356 e. The van der Waals surface area contributed by atoms with Crippen LogP contribution < -0.4 is 16.0 Å². The molecule has 2 aliphatic heterocycles. The molecule has 4 rings (SSSR count). The molecule has 0 aromatic carbocycles. The van der Waals surface area contributed by atoms with Crippen LogP contribution in [0.3, 0.4) is 0 Å². The monoisotopic (exact) mass is 429 g/mol. The van der Waals surface area contributed by atoms with Crippen molar-refractivity contribution in [2.45, 2.75) is 64.6 Å². The first-order valence-electron chi connectivity index (χ1n) is 11.2. The van der Waals surface area contributed by atoms with Crippen molar-refractivity contribution < 1.29 is 19.2 Å². The molecule has 0 aromatic rings. The maximum atomic E-state index is 13.3. The van der Waals surface area contributed by atoms with Gasteiger partial charge in [0.15, 0.2) is 0 Å². The van der Waals surface area contributed by atoms with Crippen LogP contribution in [0.15, 0.2) is 0 Å². The Balaban J connectivity index is 1.48. The van der Waals surface area contributed by atoms with Gasteiger partial charge >= 0.3 is 0 Å². The smallest absolute Gasteiger partial charge is 0.246 e. The number of nitrogens with one attached hydrogen (secondary N) is 3. The van der Waals surface area contributed by atoms with Crippen LogP contribution in [0.1, 0.15) is 46.5 Å². The quantitative estimate of drug-likeness (QED) is 0.521. The molecule has 2 heterocycles. The summed E-state index contributed by atoms with van der Waals surface area (Å²) in [7, 11) is 0. The molecule has 2 saturated carbocycles. The first-order chi connectivity index (χ1) is 14.6. The van der Waals surface area contributed by atoms with Crippen molar-refractivity contribution in [1.29, 1.82) is 5.26 Å². The van der Waals surface area contributed by atoms with Crippen molar-refractivity contribution in [3.8, 4) is 6.07 Å². The van der Waals surface area contributed by atoms with Crippen LogP contribution in [-0.4, -0.2) is 59.7 Å². The summed E-state index contributed by atoms with van der Waals surface area (Å²) in [6.45, 7) is 6.67. The third-order valence-electron chi connectivity index (χ3n) is 7.63. The number of fused-ring (bicyclic) bond motifs is 1. The van der Waals surface area contributed by atoms with Crippen LogP contribution in [0.25, 0.3) is 0 Å². The first-order valence-corrected chi connectivity index (χ1v) is 11.2. The molecular formula is C22H31N5O4. The zero-order valence-corrected chi connectivity index (χ0v) is 18.3. The van der Waals surface area contributed by atoms with Crippen LogP contribution in [0.5, 0.6) is 0 Å². The van der Waals surface area contributed by atoms with Crippen LogP contribution in [0.4, 0.5) is 0 Å². The molecule has 168 valence electrons. The molecule has 9 heteroatoms. The van der Waals surface area contributed by atoms with E-state index in [1.54, 1.807) is 4.90 Å². The minimum Gasteiger partial charge on any atom is -0.356 e. The fraction of sp³-hybridized carbons (Fsp3) is 0.773. The van der Waals surface area contributed by atoms with Crippen molar-refractivity contribution in [2.75, 3.05) is 13.1 Å². The highest BCUT2D eigenvalue weighted by molar-refractivity contribution is 5.94. The van der Waals surface area contributed by atoms with Gasteiger partial charge < -0.3 is 20.9 Å². The average molecular weight is 430 g/mol. The summed E-state index contributed by atoms with van der Waals surface area (Å²) in [5.41, 5.74) is -0.0463. The maximum Gasteiger partial charge on any atom is 0.246 e. The fourth-order valence-corrected chi connectivity index (χ4v) is 5.58. The van der Waals surface area contributed by atoms with E-state index in [1.807, 2.05) is 0 Å². The molecular weight excluding hydrogens is 398 g/mol. The van der Waals surface area contributed by atoms with Gasteiger partial charge in [-0.1, -0.05) is 13.8 Å². The van der Waals surface area contributed by atoms with Crippen LogP contribution >= 0.6 is 0 Å². The van der Waals surface area contributed by atoms with E-state index in [0.717, 1.165) is 12.8 Å². The SMILES string of the molecule is CC(=O)N[C@H](C(=O)N1C[C@H]2[C@@H]([C@H]1C(=O)N[C@H](C#N)C[C@@H]1CCNC1=O)C2(C)C)C1CC1. The van der Waals surface area contributed by atoms with Crippen LogP contribution in [0, 0.1) is 40.4 Å². The highest BCUT2D eigenvalue weighted by Crippen LogP contribution is 2.65. The Morgan fingerprint density at radius 3 is 2.52 bits per heavy atom.